The van der Waals surface area contributed by atoms with E-state index in [-0.39, 0.29) is 35.6 Å². The highest BCUT2D eigenvalue weighted by Gasteiger charge is 2.56. The van der Waals surface area contributed by atoms with E-state index in [0.717, 1.165) is 25.3 Å². The molecule has 206 valence electrons. The summed E-state index contributed by atoms with van der Waals surface area (Å²) in [5.41, 5.74) is 0.951. The first-order valence-electron chi connectivity index (χ1n) is 14.6. The molecule has 7 nitrogen and oxygen atoms in total. The third kappa shape index (κ3) is 4.81. The molecule has 8 heteroatoms. The van der Waals surface area contributed by atoms with Gasteiger partial charge in [0.25, 0.3) is 5.91 Å². The van der Waals surface area contributed by atoms with E-state index in [1.807, 2.05) is 18.4 Å². The number of thioether (sulfide) groups is 1. The summed E-state index contributed by atoms with van der Waals surface area (Å²) in [6.07, 6.45) is 12.3. The third-order valence-corrected chi connectivity index (χ3v) is 11.0. The second-order valence-electron chi connectivity index (χ2n) is 12.0. The maximum Gasteiger partial charge on any atom is 0.252 e. The highest BCUT2D eigenvalue weighted by Crippen LogP contribution is 2.38. The number of piperidine rings is 1. The predicted molar refractivity (Wildman–Crippen MR) is 148 cm³/mol. The Morgan fingerprint density at radius 2 is 1.71 bits per heavy atom. The van der Waals surface area contributed by atoms with Crippen molar-refractivity contribution < 1.29 is 19.1 Å². The fourth-order valence-corrected chi connectivity index (χ4v) is 8.20. The molecular formula is C30H41N3O4S. The lowest BCUT2D eigenvalue weighted by molar-refractivity contribution is -0.143. The molecule has 5 fully saturated rings. The minimum absolute atomic E-state index is 0.0219. The molecule has 0 radical (unpaired) electrons. The van der Waals surface area contributed by atoms with E-state index in [4.69, 9.17) is 4.74 Å². The van der Waals surface area contributed by atoms with Gasteiger partial charge >= 0.3 is 0 Å². The van der Waals surface area contributed by atoms with Crippen LogP contribution >= 0.6 is 11.8 Å². The number of hydrogen-bond acceptors (Lipinski definition) is 6. The molecule has 6 rings (SSSR count). The van der Waals surface area contributed by atoms with Crippen LogP contribution in [0.1, 0.15) is 86.0 Å². The largest absolute Gasteiger partial charge is 0.367 e. The van der Waals surface area contributed by atoms with E-state index in [1.54, 1.807) is 16.7 Å². The number of ether oxygens (including phenoxy) is 1. The first-order valence-corrected chi connectivity index (χ1v) is 15.9. The van der Waals surface area contributed by atoms with Gasteiger partial charge in [-0.1, -0.05) is 37.8 Å². The van der Waals surface area contributed by atoms with Gasteiger partial charge in [0.2, 0.25) is 5.91 Å². The van der Waals surface area contributed by atoms with E-state index < -0.39 is 11.6 Å². The highest BCUT2D eigenvalue weighted by atomic mass is 32.2. The number of likely N-dealkylation sites (tertiary alicyclic amines) is 2. The Bertz CT molecular complexity index is 1040. The van der Waals surface area contributed by atoms with Gasteiger partial charge in [0.05, 0.1) is 11.4 Å². The Morgan fingerprint density at radius 3 is 2.34 bits per heavy atom. The molecule has 38 heavy (non-hydrogen) atoms. The second-order valence-corrected chi connectivity index (χ2v) is 13.1. The maximum absolute atomic E-state index is 14.1. The summed E-state index contributed by atoms with van der Waals surface area (Å²) in [5, 5.41) is 3.27. The Balaban J connectivity index is 1.14. The van der Waals surface area contributed by atoms with Crippen LogP contribution in [0.15, 0.2) is 24.3 Å². The molecule has 1 aromatic carbocycles. The molecule has 0 bridgehead atoms. The topological polar surface area (TPSA) is 79.0 Å². The number of carbonyl (C=O) groups excluding carboxylic acids is 3. The van der Waals surface area contributed by atoms with Gasteiger partial charge in [0.15, 0.2) is 5.78 Å². The van der Waals surface area contributed by atoms with Crippen molar-refractivity contribution in [2.45, 2.75) is 99.1 Å². The van der Waals surface area contributed by atoms with Gasteiger partial charge in [-0.3, -0.25) is 14.4 Å². The summed E-state index contributed by atoms with van der Waals surface area (Å²) in [6.45, 7) is 2.91. The molecule has 2 amide bonds. The molecule has 5 aliphatic rings. The maximum atomic E-state index is 14.1. The van der Waals surface area contributed by atoms with E-state index >= 15 is 0 Å². The molecule has 1 aromatic rings. The number of fused-ring (bicyclic) bond motifs is 1. The fraction of sp³-hybridized carbons (Fsp3) is 0.700. The number of rotatable bonds is 6. The minimum Gasteiger partial charge on any atom is -0.367 e. The van der Waals surface area contributed by atoms with E-state index in [2.05, 4.69) is 22.3 Å². The molecule has 0 aromatic heterocycles. The number of nitrogens with one attached hydrogen (secondary N) is 1. The molecule has 2 saturated carbocycles. The Labute approximate surface area is 230 Å². The zero-order valence-corrected chi connectivity index (χ0v) is 23.3. The predicted octanol–water partition coefficient (Wildman–Crippen LogP) is 3.76. The smallest absolute Gasteiger partial charge is 0.252 e. The van der Waals surface area contributed by atoms with E-state index in [0.29, 0.717) is 30.9 Å². The number of benzene rings is 1. The summed E-state index contributed by atoms with van der Waals surface area (Å²) >= 11 is 1.65. The lowest BCUT2D eigenvalue weighted by Gasteiger charge is -2.42. The average Bonchev–Trinajstić information content (AvgIpc) is 3.48. The minimum atomic E-state index is -0.955. The first kappa shape index (κ1) is 26.3. The van der Waals surface area contributed by atoms with Gasteiger partial charge in [-0.25, -0.2) is 0 Å². The highest BCUT2D eigenvalue weighted by molar-refractivity contribution is 7.99. The molecule has 2 aliphatic carbocycles. The van der Waals surface area contributed by atoms with Crippen LogP contribution in [0, 0.1) is 0 Å². The summed E-state index contributed by atoms with van der Waals surface area (Å²) in [4.78, 5) is 44.7. The second kappa shape index (κ2) is 10.9. The number of ketones is 1. The Kier molecular flexibility index (Phi) is 7.58. The molecule has 3 atom stereocenters. The van der Waals surface area contributed by atoms with Gasteiger partial charge in [0.1, 0.15) is 18.2 Å². The quantitative estimate of drug-likeness (QED) is 0.593. The monoisotopic (exact) mass is 539 g/mol. The number of carbonyl (C=O) groups is 3. The standard InChI is InChI=1S/C30H41N3O4S/c1-38-25-18-33(26-24(34)19-37-27(25)26)29(36)30(14-3-2-4-15-30)31-28(35)22-10-8-20(9-11-22)21-12-16-32(17-13-21)23-6-5-7-23/h8-11,21,23,25-27H,2-7,12-19H2,1H3,(H,31,35)/t25-,26+,27+/m0/s1. The molecule has 1 N–H and O–H groups in total. The van der Waals surface area contributed by atoms with Crippen molar-refractivity contribution in [3.63, 3.8) is 0 Å². The zero-order chi connectivity index (χ0) is 26.3. The summed E-state index contributed by atoms with van der Waals surface area (Å²) in [7, 11) is 0. The molecule has 3 aliphatic heterocycles. The molecule has 3 saturated heterocycles. The lowest BCUT2D eigenvalue weighted by Crippen LogP contribution is -2.62. The third-order valence-electron chi connectivity index (χ3n) is 9.94. The van der Waals surface area contributed by atoms with Crippen LogP contribution in [0.3, 0.4) is 0 Å². The van der Waals surface area contributed by atoms with Gasteiger partial charge in [-0.15, -0.1) is 0 Å². The Hall–Kier alpha value is -1.90. The summed E-state index contributed by atoms with van der Waals surface area (Å²) < 4.78 is 5.78. The first-order chi connectivity index (χ1) is 18.5. The van der Waals surface area contributed by atoms with Crippen molar-refractivity contribution >= 4 is 29.4 Å². The van der Waals surface area contributed by atoms with Crippen LogP contribution in [0.4, 0.5) is 0 Å². The zero-order valence-electron chi connectivity index (χ0n) is 22.5. The van der Waals surface area contributed by atoms with E-state index in [9.17, 15) is 14.4 Å². The van der Waals surface area contributed by atoms with Gasteiger partial charge in [-0.05, 0) is 81.5 Å². The van der Waals surface area contributed by atoms with Crippen LogP contribution in [0.2, 0.25) is 0 Å². The Morgan fingerprint density at radius 1 is 1.00 bits per heavy atom. The number of nitrogens with zero attached hydrogens (tertiary/aromatic N) is 2. The normalized spacial score (nSPS) is 30.2. The van der Waals surface area contributed by atoms with Gasteiger partial charge < -0.3 is 19.9 Å². The molecular weight excluding hydrogens is 498 g/mol. The summed E-state index contributed by atoms with van der Waals surface area (Å²) in [6, 6.07) is 8.36. The van der Waals surface area contributed by atoms with Crippen LogP contribution in [-0.2, 0) is 14.3 Å². The van der Waals surface area contributed by atoms with Gasteiger partial charge in [0, 0.05) is 18.2 Å². The molecule has 0 unspecified atom stereocenters. The summed E-state index contributed by atoms with van der Waals surface area (Å²) in [5.74, 6) is 0.225. The number of amides is 2. The van der Waals surface area contributed by atoms with Crippen LogP contribution in [0.25, 0.3) is 0 Å². The van der Waals surface area contributed by atoms with E-state index in [1.165, 1.54) is 50.8 Å². The van der Waals surface area contributed by atoms with Crippen molar-refractivity contribution in [2.75, 3.05) is 32.5 Å². The van der Waals surface area contributed by atoms with Crippen molar-refractivity contribution in [1.29, 1.82) is 0 Å². The molecule has 3 heterocycles. The van der Waals surface area contributed by atoms with Crippen molar-refractivity contribution in [2.24, 2.45) is 0 Å². The van der Waals surface area contributed by atoms with Crippen molar-refractivity contribution in [1.82, 2.24) is 15.1 Å². The number of hydrogen-bond donors (Lipinski definition) is 1. The molecule has 0 spiro atoms. The van der Waals surface area contributed by atoms with Gasteiger partial charge in [-0.2, -0.15) is 11.8 Å². The lowest BCUT2D eigenvalue weighted by atomic mass is 9.80. The average molecular weight is 540 g/mol. The van der Waals surface area contributed by atoms with Crippen molar-refractivity contribution in [3.05, 3.63) is 35.4 Å². The number of Topliss-reactive ketones (excluding diaryl/α,β-unsaturated/α-hetero) is 1. The SMILES string of the molecule is CS[C@H]1CN(C(=O)C2(NC(=O)c3ccc(C4CCN(C5CCC5)CC4)cc3)CCCCC2)[C@@H]2C(=O)CO[C@H]12. The fourth-order valence-electron chi connectivity index (χ4n) is 7.40. The van der Waals surface area contributed by atoms with Crippen molar-refractivity contribution in [3.8, 4) is 0 Å². The van der Waals surface area contributed by atoms with Crippen LogP contribution < -0.4 is 5.32 Å². The van der Waals surface area contributed by atoms with Crippen LogP contribution in [0.5, 0.6) is 0 Å². The van der Waals surface area contributed by atoms with Crippen LogP contribution in [-0.4, -0.2) is 88.9 Å².